The van der Waals surface area contributed by atoms with Crippen LogP contribution in [-0.2, 0) is 17.8 Å². The van der Waals surface area contributed by atoms with Crippen molar-refractivity contribution in [1.82, 2.24) is 15.4 Å². The number of hydrogen-bond acceptors (Lipinski definition) is 7. The Morgan fingerprint density at radius 2 is 1.69 bits per heavy atom. The largest absolute Gasteiger partial charge is 0.360 e. The molecule has 1 amide bonds. The van der Waals surface area contributed by atoms with E-state index in [-0.39, 0.29) is 36.3 Å². The van der Waals surface area contributed by atoms with Crippen LogP contribution in [0.15, 0.2) is 60.9 Å². The normalized spacial score (nSPS) is 10.2. The molecule has 10 heteroatoms. The molecular formula is C19H17FN6O3. The fourth-order valence-electron chi connectivity index (χ4n) is 2.51. The maximum Gasteiger partial charge on any atom is 0.354 e. The van der Waals surface area contributed by atoms with E-state index in [1.54, 1.807) is 24.3 Å². The van der Waals surface area contributed by atoms with Crippen LogP contribution in [0, 0.1) is 15.9 Å². The second-order valence-corrected chi connectivity index (χ2v) is 5.99. The van der Waals surface area contributed by atoms with E-state index in [0.717, 1.165) is 11.9 Å². The molecule has 9 nitrogen and oxygen atoms in total. The predicted octanol–water partition coefficient (Wildman–Crippen LogP) is 2.82. The highest BCUT2D eigenvalue weighted by Gasteiger charge is 2.23. The third-order valence-corrected chi connectivity index (χ3v) is 3.91. The van der Waals surface area contributed by atoms with Gasteiger partial charge in [0.05, 0.1) is 11.3 Å². The van der Waals surface area contributed by atoms with Gasteiger partial charge in [-0.05, 0) is 23.3 Å². The van der Waals surface area contributed by atoms with E-state index in [4.69, 9.17) is 0 Å². The van der Waals surface area contributed by atoms with Gasteiger partial charge in [0.15, 0.2) is 0 Å². The molecule has 0 spiro atoms. The number of carbonyl (C=O) groups excluding carboxylic acids is 1. The summed E-state index contributed by atoms with van der Waals surface area (Å²) in [6.45, 7) is 0.192. The Labute approximate surface area is 165 Å². The number of nitrogens with zero attached hydrogens (tertiary/aromatic N) is 3. The molecular weight excluding hydrogens is 379 g/mol. The molecule has 0 atom stereocenters. The van der Waals surface area contributed by atoms with E-state index in [9.17, 15) is 19.3 Å². The van der Waals surface area contributed by atoms with Gasteiger partial charge in [0, 0.05) is 6.54 Å². The minimum absolute atomic E-state index is 0.0332. The molecule has 0 fully saturated rings. The number of rotatable bonds is 8. The first-order valence-corrected chi connectivity index (χ1v) is 8.59. The smallest absolute Gasteiger partial charge is 0.354 e. The molecule has 0 aliphatic rings. The Kier molecular flexibility index (Phi) is 6.25. The van der Waals surface area contributed by atoms with Crippen molar-refractivity contribution in [1.29, 1.82) is 0 Å². The van der Waals surface area contributed by atoms with Gasteiger partial charge in [-0.3, -0.25) is 25.8 Å². The van der Waals surface area contributed by atoms with Crippen molar-refractivity contribution in [2.75, 3.05) is 10.7 Å². The summed E-state index contributed by atoms with van der Waals surface area (Å²) in [7, 11) is 0. The number of anilines is 2. The molecule has 0 aliphatic heterocycles. The van der Waals surface area contributed by atoms with Crippen LogP contribution in [0.3, 0.4) is 0 Å². The van der Waals surface area contributed by atoms with Gasteiger partial charge in [0.25, 0.3) is 0 Å². The first kappa shape index (κ1) is 19.7. The Bertz CT molecular complexity index is 999. The average molecular weight is 396 g/mol. The summed E-state index contributed by atoms with van der Waals surface area (Å²) in [5.41, 5.74) is 5.96. The SMILES string of the molecule is O=C(Cc1ccccc1)NNc1ncnc(NCc2ccc(F)cc2)c1[N+](=O)[O-]. The average Bonchev–Trinajstić information content (AvgIpc) is 2.72. The Hall–Kier alpha value is -4.08. The van der Waals surface area contributed by atoms with E-state index in [1.807, 2.05) is 18.2 Å². The van der Waals surface area contributed by atoms with E-state index in [1.165, 1.54) is 12.1 Å². The van der Waals surface area contributed by atoms with Crippen molar-refractivity contribution in [3.05, 3.63) is 88.0 Å². The minimum Gasteiger partial charge on any atom is -0.360 e. The molecule has 0 saturated carbocycles. The van der Waals surface area contributed by atoms with E-state index < -0.39 is 10.6 Å². The van der Waals surface area contributed by atoms with Gasteiger partial charge in [0.1, 0.15) is 12.1 Å². The van der Waals surface area contributed by atoms with Crippen molar-refractivity contribution >= 4 is 23.2 Å². The van der Waals surface area contributed by atoms with Gasteiger partial charge in [-0.25, -0.2) is 14.4 Å². The number of aromatic nitrogens is 2. The number of carbonyl (C=O) groups is 1. The summed E-state index contributed by atoms with van der Waals surface area (Å²) in [5.74, 6) is -0.952. The lowest BCUT2D eigenvalue weighted by molar-refractivity contribution is -0.383. The summed E-state index contributed by atoms with van der Waals surface area (Å²) in [5, 5.41) is 14.3. The Morgan fingerprint density at radius 3 is 2.38 bits per heavy atom. The van der Waals surface area contributed by atoms with Gasteiger partial charge < -0.3 is 5.32 Å². The van der Waals surface area contributed by atoms with Crippen LogP contribution in [-0.4, -0.2) is 20.8 Å². The van der Waals surface area contributed by atoms with Crippen LogP contribution in [0.1, 0.15) is 11.1 Å². The molecule has 2 aromatic carbocycles. The molecule has 148 valence electrons. The van der Waals surface area contributed by atoms with E-state index in [0.29, 0.717) is 5.56 Å². The molecule has 1 aromatic heterocycles. The molecule has 0 bridgehead atoms. The van der Waals surface area contributed by atoms with Gasteiger partial charge in [-0.15, -0.1) is 0 Å². The fraction of sp³-hybridized carbons (Fsp3) is 0.105. The highest BCUT2D eigenvalue weighted by molar-refractivity contribution is 5.80. The number of hydrazine groups is 1. The zero-order valence-electron chi connectivity index (χ0n) is 15.1. The van der Waals surface area contributed by atoms with Crippen LogP contribution in [0.25, 0.3) is 0 Å². The summed E-state index contributed by atoms with van der Waals surface area (Å²) in [4.78, 5) is 30.7. The fourth-order valence-corrected chi connectivity index (χ4v) is 2.51. The molecule has 3 N–H and O–H groups in total. The molecule has 29 heavy (non-hydrogen) atoms. The Balaban J connectivity index is 1.68. The molecule has 0 saturated heterocycles. The van der Waals surface area contributed by atoms with Gasteiger partial charge in [-0.2, -0.15) is 0 Å². The number of amides is 1. The second kappa shape index (κ2) is 9.22. The summed E-state index contributed by atoms with van der Waals surface area (Å²) < 4.78 is 13.0. The summed E-state index contributed by atoms with van der Waals surface area (Å²) in [6.07, 6.45) is 1.23. The minimum atomic E-state index is -0.654. The second-order valence-electron chi connectivity index (χ2n) is 5.99. The van der Waals surface area contributed by atoms with Crippen LogP contribution in [0.4, 0.5) is 21.7 Å². The van der Waals surface area contributed by atoms with Crippen molar-refractivity contribution in [2.24, 2.45) is 0 Å². The number of halogens is 1. The van der Waals surface area contributed by atoms with E-state index in [2.05, 4.69) is 26.1 Å². The van der Waals surface area contributed by atoms with Crippen molar-refractivity contribution in [3.63, 3.8) is 0 Å². The topological polar surface area (TPSA) is 122 Å². The lowest BCUT2D eigenvalue weighted by atomic mass is 10.1. The van der Waals surface area contributed by atoms with Gasteiger partial charge in [0.2, 0.25) is 17.5 Å². The lowest BCUT2D eigenvalue weighted by Crippen LogP contribution is -2.31. The number of hydrogen-bond donors (Lipinski definition) is 3. The molecule has 1 heterocycles. The maximum atomic E-state index is 13.0. The van der Waals surface area contributed by atoms with Crippen molar-refractivity contribution < 1.29 is 14.1 Å². The molecule has 3 aromatic rings. The molecule has 3 rings (SSSR count). The number of nitrogens with one attached hydrogen (secondary N) is 3. The Morgan fingerprint density at radius 1 is 1.00 bits per heavy atom. The van der Waals surface area contributed by atoms with Gasteiger partial charge in [-0.1, -0.05) is 42.5 Å². The first-order chi connectivity index (χ1) is 14.0. The van der Waals surface area contributed by atoms with E-state index >= 15 is 0 Å². The number of nitro groups is 1. The quantitative estimate of drug-likeness (QED) is 0.395. The van der Waals surface area contributed by atoms with Crippen LogP contribution < -0.4 is 16.2 Å². The first-order valence-electron chi connectivity index (χ1n) is 8.59. The molecule has 0 radical (unpaired) electrons. The van der Waals surface area contributed by atoms with Crippen molar-refractivity contribution in [3.8, 4) is 0 Å². The van der Waals surface area contributed by atoms with Crippen LogP contribution in [0.2, 0.25) is 0 Å². The molecule has 0 aliphatic carbocycles. The zero-order chi connectivity index (χ0) is 20.6. The standard InChI is InChI=1S/C19H17FN6O3/c20-15-8-6-14(7-9-15)11-21-18-17(26(28)29)19(23-12-22-18)25-24-16(27)10-13-4-2-1-3-5-13/h1-9,12H,10-11H2,(H,24,27)(H2,21,22,23,25). The third-order valence-electron chi connectivity index (χ3n) is 3.91. The van der Waals surface area contributed by atoms with Crippen molar-refractivity contribution in [2.45, 2.75) is 13.0 Å². The highest BCUT2D eigenvalue weighted by Crippen LogP contribution is 2.28. The highest BCUT2D eigenvalue weighted by atomic mass is 19.1. The third kappa shape index (κ3) is 5.45. The predicted molar refractivity (Wildman–Crippen MR) is 104 cm³/mol. The monoisotopic (exact) mass is 396 g/mol. The van der Waals surface area contributed by atoms with Crippen LogP contribution in [0.5, 0.6) is 0 Å². The number of benzene rings is 2. The summed E-state index contributed by atoms with van der Waals surface area (Å²) in [6, 6.07) is 14.7. The maximum absolute atomic E-state index is 13.0. The lowest BCUT2D eigenvalue weighted by Gasteiger charge is -2.11. The van der Waals surface area contributed by atoms with Gasteiger partial charge >= 0.3 is 5.69 Å². The summed E-state index contributed by atoms with van der Waals surface area (Å²) >= 11 is 0. The molecule has 0 unspecified atom stereocenters. The van der Waals surface area contributed by atoms with Crippen LogP contribution >= 0.6 is 0 Å². The zero-order valence-corrected chi connectivity index (χ0v) is 15.1.